The molecule has 0 unspecified atom stereocenters. The molecule has 1 amide bonds. The highest BCUT2D eigenvalue weighted by atomic mass is 16.1. The number of nitrogen functional groups attached to an aromatic ring is 1. The Morgan fingerprint density at radius 3 is 2.47 bits per heavy atom. The van der Waals surface area contributed by atoms with Crippen LogP contribution in [0.25, 0.3) is 0 Å². The summed E-state index contributed by atoms with van der Waals surface area (Å²) >= 11 is 0. The zero-order valence-electron chi connectivity index (χ0n) is 11.7. The summed E-state index contributed by atoms with van der Waals surface area (Å²) in [4.78, 5) is 19.4. The number of hydrogen-bond donors (Lipinski definition) is 4. The Kier molecular flexibility index (Phi) is 5.05. The SMILES string of the molecule is CC(C)(C)c1nc(NN)cc(NCCCC(N)=O)n1. The molecule has 6 N–H and O–H groups in total. The predicted molar refractivity (Wildman–Crippen MR) is 75.5 cm³/mol. The van der Waals surface area contributed by atoms with Gasteiger partial charge in [0.25, 0.3) is 0 Å². The van der Waals surface area contributed by atoms with Crippen molar-refractivity contribution in [1.82, 2.24) is 9.97 Å². The Labute approximate surface area is 113 Å². The second-order valence-electron chi connectivity index (χ2n) is 5.35. The van der Waals surface area contributed by atoms with Crippen LogP contribution >= 0.6 is 0 Å². The first-order chi connectivity index (χ1) is 8.82. The third-order valence-corrected chi connectivity index (χ3v) is 2.45. The van der Waals surface area contributed by atoms with Crippen molar-refractivity contribution in [3.05, 3.63) is 11.9 Å². The van der Waals surface area contributed by atoms with Crippen LogP contribution in [0.3, 0.4) is 0 Å². The van der Waals surface area contributed by atoms with Crippen LogP contribution in [0.1, 0.15) is 39.4 Å². The fraction of sp³-hybridized carbons (Fsp3) is 0.583. The number of amides is 1. The average Bonchev–Trinajstić information content (AvgIpc) is 2.33. The van der Waals surface area contributed by atoms with E-state index in [0.717, 1.165) is 0 Å². The highest BCUT2D eigenvalue weighted by Crippen LogP contribution is 2.21. The van der Waals surface area contributed by atoms with Crippen LogP contribution in [0, 0.1) is 0 Å². The molecule has 0 aromatic carbocycles. The first-order valence-electron chi connectivity index (χ1n) is 6.21. The molecule has 0 saturated carbocycles. The van der Waals surface area contributed by atoms with Crippen molar-refractivity contribution in [2.45, 2.75) is 39.0 Å². The van der Waals surface area contributed by atoms with Crippen LogP contribution in [0.15, 0.2) is 6.07 Å². The lowest BCUT2D eigenvalue weighted by molar-refractivity contribution is -0.118. The number of nitrogens with two attached hydrogens (primary N) is 2. The highest BCUT2D eigenvalue weighted by molar-refractivity contribution is 5.73. The Hall–Kier alpha value is -1.89. The molecule has 19 heavy (non-hydrogen) atoms. The lowest BCUT2D eigenvalue weighted by atomic mass is 9.96. The van der Waals surface area contributed by atoms with Crippen LogP contribution in [-0.4, -0.2) is 22.4 Å². The van der Waals surface area contributed by atoms with Crippen LogP contribution in [0.2, 0.25) is 0 Å². The molecule has 0 bridgehead atoms. The smallest absolute Gasteiger partial charge is 0.217 e. The van der Waals surface area contributed by atoms with Gasteiger partial charge in [0.15, 0.2) is 0 Å². The summed E-state index contributed by atoms with van der Waals surface area (Å²) in [5.74, 6) is 7.02. The van der Waals surface area contributed by atoms with E-state index in [9.17, 15) is 4.79 Å². The van der Waals surface area contributed by atoms with Crippen LogP contribution in [0.5, 0.6) is 0 Å². The minimum Gasteiger partial charge on any atom is -0.370 e. The Morgan fingerprint density at radius 2 is 1.95 bits per heavy atom. The maximum absolute atomic E-state index is 10.6. The number of nitrogens with one attached hydrogen (secondary N) is 2. The van der Waals surface area contributed by atoms with Gasteiger partial charge in [0.05, 0.1) is 0 Å². The fourth-order valence-corrected chi connectivity index (χ4v) is 1.43. The van der Waals surface area contributed by atoms with Gasteiger partial charge in [0.2, 0.25) is 5.91 Å². The van der Waals surface area contributed by atoms with Crippen molar-refractivity contribution in [1.29, 1.82) is 0 Å². The zero-order chi connectivity index (χ0) is 14.5. The van der Waals surface area contributed by atoms with E-state index in [2.05, 4.69) is 20.7 Å². The van der Waals surface area contributed by atoms with Crippen LogP contribution in [0.4, 0.5) is 11.6 Å². The third-order valence-electron chi connectivity index (χ3n) is 2.45. The number of anilines is 2. The van der Waals surface area contributed by atoms with Crippen molar-refractivity contribution >= 4 is 17.5 Å². The van der Waals surface area contributed by atoms with Crippen molar-refractivity contribution in [3.63, 3.8) is 0 Å². The molecule has 1 aromatic heterocycles. The van der Waals surface area contributed by atoms with Gasteiger partial charge in [-0.2, -0.15) is 0 Å². The summed E-state index contributed by atoms with van der Waals surface area (Å²) in [6, 6.07) is 1.72. The minimum absolute atomic E-state index is 0.170. The summed E-state index contributed by atoms with van der Waals surface area (Å²) in [5.41, 5.74) is 7.43. The molecule has 0 fully saturated rings. The first kappa shape index (κ1) is 15.2. The molecule has 0 aliphatic rings. The molecule has 0 atom stereocenters. The number of primary amides is 1. The van der Waals surface area contributed by atoms with Crippen LogP contribution in [-0.2, 0) is 10.2 Å². The van der Waals surface area contributed by atoms with Crippen LogP contribution < -0.4 is 22.3 Å². The number of carbonyl (C=O) groups excluding carboxylic acids is 1. The predicted octanol–water partition coefficient (Wildman–Crippen LogP) is 0.737. The number of aromatic nitrogens is 2. The third kappa shape index (κ3) is 5.09. The van der Waals surface area contributed by atoms with E-state index < -0.39 is 0 Å². The van der Waals surface area contributed by atoms with Gasteiger partial charge < -0.3 is 16.5 Å². The topological polar surface area (TPSA) is 119 Å². The molecule has 0 radical (unpaired) electrons. The Morgan fingerprint density at radius 1 is 1.32 bits per heavy atom. The maximum atomic E-state index is 10.6. The van der Waals surface area contributed by atoms with E-state index in [4.69, 9.17) is 11.6 Å². The van der Waals surface area contributed by atoms with E-state index >= 15 is 0 Å². The summed E-state index contributed by atoms with van der Waals surface area (Å²) in [6.45, 7) is 6.70. The molecule has 1 aromatic rings. The molecular formula is C12H22N6O. The van der Waals surface area contributed by atoms with Gasteiger partial charge in [0.1, 0.15) is 17.5 Å². The summed E-state index contributed by atoms with van der Waals surface area (Å²) in [7, 11) is 0. The number of hydrogen-bond acceptors (Lipinski definition) is 6. The molecule has 0 aliphatic heterocycles. The van der Waals surface area contributed by atoms with Gasteiger partial charge in [-0.05, 0) is 6.42 Å². The summed E-state index contributed by atoms with van der Waals surface area (Å²) < 4.78 is 0. The minimum atomic E-state index is -0.302. The molecule has 7 heteroatoms. The number of carbonyl (C=O) groups is 1. The number of nitrogens with zero attached hydrogens (tertiary/aromatic N) is 2. The molecule has 0 saturated heterocycles. The molecule has 1 heterocycles. The fourth-order valence-electron chi connectivity index (χ4n) is 1.43. The van der Waals surface area contributed by atoms with Gasteiger partial charge in [-0.25, -0.2) is 15.8 Å². The van der Waals surface area contributed by atoms with E-state index in [-0.39, 0.29) is 11.3 Å². The summed E-state index contributed by atoms with van der Waals surface area (Å²) in [5, 5.41) is 3.13. The normalized spacial score (nSPS) is 11.2. The van der Waals surface area contributed by atoms with E-state index in [1.807, 2.05) is 20.8 Å². The number of rotatable bonds is 6. The largest absolute Gasteiger partial charge is 0.370 e. The van der Waals surface area contributed by atoms with Gasteiger partial charge >= 0.3 is 0 Å². The van der Waals surface area contributed by atoms with E-state index in [1.165, 1.54) is 0 Å². The Bertz CT molecular complexity index is 440. The summed E-state index contributed by atoms with van der Waals surface area (Å²) in [6.07, 6.45) is 1.02. The maximum Gasteiger partial charge on any atom is 0.217 e. The molecule has 1 rings (SSSR count). The van der Waals surface area contributed by atoms with E-state index in [0.29, 0.717) is 36.8 Å². The van der Waals surface area contributed by atoms with Gasteiger partial charge in [-0.3, -0.25) is 4.79 Å². The molecule has 106 valence electrons. The quantitative estimate of drug-likeness (QED) is 0.342. The standard InChI is InChI=1S/C12H22N6O/c1-12(2,3)11-16-9(7-10(17-11)18-14)15-6-4-5-8(13)19/h7H,4-6,14H2,1-3H3,(H2,13,19)(H2,15,16,17,18). The number of hydrazine groups is 1. The monoisotopic (exact) mass is 266 g/mol. The average molecular weight is 266 g/mol. The highest BCUT2D eigenvalue weighted by Gasteiger charge is 2.18. The van der Waals surface area contributed by atoms with Crippen molar-refractivity contribution < 1.29 is 4.79 Å². The first-order valence-corrected chi connectivity index (χ1v) is 6.21. The lowest BCUT2D eigenvalue weighted by Gasteiger charge is -2.18. The second kappa shape index (κ2) is 6.33. The van der Waals surface area contributed by atoms with E-state index in [1.54, 1.807) is 6.07 Å². The van der Waals surface area contributed by atoms with Crippen molar-refractivity contribution in [2.75, 3.05) is 17.3 Å². The molecular weight excluding hydrogens is 244 g/mol. The lowest BCUT2D eigenvalue weighted by Crippen LogP contribution is -2.20. The molecule has 0 aliphatic carbocycles. The second-order valence-corrected chi connectivity index (χ2v) is 5.35. The van der Waals surface area contributed by atoms with Gasteiger partial charge in [-0.1, -0.05) is 20.8 Å². The molecule has 0 spiro atoms. The van der Waals surface area contributed by atoms with Crippen molar-refractivity contribution in [2.24, 2.45) is 11.6 Å². The van der Waals surface area contributed by atoms with Gasteiger partial charge in [-0.15, -0.1) is 0 Å². The van der Waals surface area contributed by atoms with Gasteiger partial charge in [0, 0.05) is 24.4 Å². The molecule has 7 nitrogen and oxygen atoms in total. The Balaban J connectivity index is 2.74. The van der Waals surface area contributed by atoms with Crippen molar-refractivity contribution in [3.8, 4) is 0 Å². The zero-order valence-corrected chi connectivity index (χ0v) is 11.7.